The largest absolute Gasteiger partial charge is 0.537 e. The molecule has 0 aromatic heterocycles. The minimum Gasteiger partial charge on any atom is -0.370 e. The fourth-order valence-electron chi connectivity index (χ4n) is 2.56. The van der Waals surface area contributed by atoms with Gasteiger partial charge in [-0.2, -0.15) is 0 Å². The Morgan fingerprint density at radius 1 is 0.955 bits per heavy atom. The highest BCUT2D eigenvalue weighted by Gasteiger charge is 2.47. The van der Waals surface area contributed by atoms with Gasteiger partial charge in [0.2, 0.25) is 0 Å². The van der Waals surface area contributed by atoms with Gasteiger partial charge in [-0.25, -0.2) is 0 Å². The molecule has 0 aliphatic heterocycles. The summed E-state index contributed by atoms with van der Waals surface area (Å²) in [5.41, 5.74) is 12.8. The molecule has 22 heavy (non-hydrogen) atoms. The lowest BCUT2D eigenvalue weighted by Gasteiger charge is -2.35. The second kappa shape index (κ2) is 8.76. The predicted octanol–water partition coefficient (Wildman–Crippen LogP) is 1.46. The highest BCUT2D eigenvalue weighted by atomic mass is 28.4. The van der Waals surface area contributed by atoms with E-state index < -0.39 is 14.3 Å². The lowest BCUT2D eigenvalue weighted by atomic mass is 9.88. The molecule has 1 aromatic rings. The fraction of sp³-hybridized carbons (Fsp3) is 0.625. The van der Waals surface area contributed by atoms with E-state index in [2.05, 4.69) is 0 Å². The van der Waals surface area contributed by atoms with Crippen LogP contribution < -0.4 is 16.7 Å². The van der Waals surface area contributed by atoms with E-state index in [1.54, 1.807) is 0 Å². The Bertz CT molecular complexity index is 436. The maximum absolute atomic E-state index is 6.53. The first-order valence-electron chi connectivity index (χ1n) is 8.04. The SMILES string of the molecule is CCO[Si](OCC)(OCC)c1ccccc1C(N)(CC)CN. The molecular weight excluding hydrogens is 296 g/mol. The molecule has 5 nitrogen and oxygen atoms in total. The Hall–Kier alpha value is -0.763. The first kappa shape index (κ1) is 19.3. The van der Waals surface area contributed by atoms with Crippen molar-refractivity contribution >= 4 is 14.0 Å². The Kier molecular flexibility index (Phi) is 7.68. The number of hydrogen-bond donors (Lipinski definition) is 2. The van der Waals surface area contributed by atoms with E-state index >= 15 is 0 Å². The Labute approximate surface area is 135 Å². The van der Waals surface area contributed by atoms with E-state index in [0.29, 0.717) is 26.4 Å². The summed E-state index contributed by atoms with van der Waals surface area (Å²) in [4.78, 5) is 0. The molecule has 0 heterocycles. The average molecular weight is 327 g/mol. The first-order valence-corrected chi connectivity index (χ1v) is 9.76. The van der Waals surface area contributed by atoms with E-state index in [9.17, 15) is 0 Å². The maximum Gasteiger partial charge on any atom is 0.537 e. The molecule has 0 aliphatic rings. The van der Waals surface area contributed by atoms with Crippen LogP contribution in [-0.4, -0.2) is 35.2 Å². The van der Waals surface area contributed by atoms with Gasteiger partial charge in [-0.3, -0.25) is 0 Å². The zero-order valence-corrected chi connectivity index (χ0v) is 15.2. The van der Waals surface area contributed by atoms with Gasteiger partial charge in [0.15, 0.2) is 0 Å². The van der Waals surface area contributed by atoms with Crippen LogP contribution in [0, 0.1) is 0 Å². The van der Waals surface area contributed by atoms with Crippen molar-refractivity contribution in [2.24, 2.45) is 11.5 Å². The standard InChI is InChI=1S/C16H30N2O3Si/c1-5-16(18,13-17)14-11-9-10-12-15(14)22(19-6-2,20-7-3)21-8-4/h9-12H,5-8,13,17-18H2,1-4H3. The quantitative estimate of drug-likeness (QED) is 0.636. The highest BCUT2D eigenvalue weighted by molar-refractivity contribution is 6.75. The highest BCUT2D eigenvalue weighted by Crippen LogP contribution is 2.23. The molecular formula is C16H30N2O3Si. The summed E-state index contributed by atoms with van der Waals surface area (Å²) < 4.78 is 18.1. The monoisotopic (exact) mass is 326 g/mol. The summed E-state index contributed by atoms with van der Waals surface area (Å²) in [6.45, 7) is 9.79. The molecule has 0 bridgehead atoms. The molecule has 1 rings (SSSR count). The van der Waals surface area contributed by atoms with Crippen molar-refractivity contribution in [3.63, 3.8) is 0 Å². The van der Waals surface area contributed by atoms with E-state index in [1.165, 1.54) is 0 Å². The summed E-state index contributed by atoms with van der Waals surface area (Å²) in [6, 6.07) is 7.93. The van der Waals surface area contributed by atoms with E-state index in [1.807, 2.05) is 52.0 Å². The van der Waals surface area contributed by atoms with Gasteiger partial charge in [-0.1, -0.05) is 31.2 Å². The van der Waals surface area contributed by atoms with Gasteiger partial charge in [-0.05, 0) is 32.8 Å². The number of rotatable bonds is 10. The molecule has 0 aliphatic carbocycles. The van der Waals surface area contributed by atoms with E-state index in [4.69, 9.17) is 24.7 Å². The minimum absolute atomic E-state index is 0.357. The topological polar surface area (TPSA) is 79.7 Å². The summed E-state index contributed by atoms with van der Waals surface area (Å²) in [5.74, 6) is 0. The van der Waals surface area contributed by atoms with Gasteiger partial charge in [0.25, 0.3) is 0 Å². The van der Waals surface area contributed by atoms with Crippen LogP contribution in [0.2, 0.25) is 0 Å². The zero-order valence-electron chi connectivity index (χ0n) is 14.2. The van der Waals surface area contributed by atoms with Crippen LogP contribution in [0.5, 0.6) is 0 Å². The third kappa shape index (κ3) is 3.95. The van der Waals surface area contributed by atoms with Crippen LogP contribution in [0.3, 0.4) is 0 Å². The van der Waals surface area contributed by atoms with Crippen molar-refractivity contribution in [1.82, 2.24) is 0 Å². The van der Waals surface area contributed by atoms with Crippen molar-refractivity contribution in [1.29, 1.82) is 0 Å². The molecule has 0 amide bonds. The Morgan fingerprint density at radius 3 is 1.86 bits per heavy atom. The second-order valence-corrected chi connectivity index (χ2v) is 7.63. The molecule has 0 fully saturated rings. The van der Waals surface area contributed by atoms with Crippen molar-refractivity contribution in [2.45, 2.75) is 39.7 Å². The van der Waals surface area contributed by atoms with Crippen LogP contribution >= 0.6 is 0 Å². The Morgan fingerprint density at radius 2 is 1.45 bits per heavy atom. The molecule has 0 saturated carbocycles. The number of nitrogens with two attached hydrogens (primary N) is 2. The predicted molar refractivity (Wildman–Crippen MR) is 91.9 cm³/mol. The molecule has 0 spiro atoms. The Balaban J connectivity index is 3.48. The van der Waals surface area contributed by atoms with Crippen molar-refractivity contribution < 1.29 is 13.3 Å². The van der Waals surface area contributed by atoms with Crippen LogP contribution in [0.1, 0.15) is 39.7 Å². The van der Waals surface area contributed by atoms with Gasteiger partial charge in [0.05, 0.1) is 5.54 Å². The molecule has 1 aromatic carbocycles. The van der Waals surface area contributed by atoms with Gasteiger partial charge in [0.1, 0.15) is 0 Å². The first-order chi connectivity index (χ1) is 10.5. The van der Waals surface area contributed by atoms with Gasteiger partial charge >= 0.3 is 8.80 Å². The van der Waals surface area contributed by atoms with Crippen LogP contribution in [0.4, 0.5) is 0 Å². The third-order valence-electron chi connectivity index (χ3n) is 3.79. The summed E-state index contributed by atoms with van der Waals surface area (Å²) in [5, 5.41) is 0.926. The van der Waals surface area contributed by atoms with Crippen molar-refractivity contribution in [3.8, 4) is 0 Å². The van der Waals surface area contributed by atoms with Crippen LogP contribution in [-0.2, 0) is 18.8 Å². The van der Waals surface area contributed by atoms with Crippen LogP contribution in [0.25, 0.3) is 0 Å². The maximum atomic E-state index is 6.53. The molecule has 1 unspecified atom stereocenters. The zero-order chi connectivity index (χ0) is 16.6. The molecule has 0 saturated heterocycles. The van der Waals surface area contributed by atoms with Gasteiger partial charge in [-0.15, -0.1) is 0 Å². The van der Waals surface area contributed by atoms with E-state index in [-0.39, 0.29) is 0 Å². The number of benzene rings is 1. The molecule has 126 valence electrons. The summed E-state index contributed by atoms with van der Waals surface area (Å²) in [7, 11) is -2.99. The van der Waals surface area contributed by atoms with Gasteiger partial charge < -0.3 is 24.7 Å². The lowest BCUT2D eigenvalue weighted by molar-refractivity contribution is 0.0854. The molecule has 4 N–H and O–H groups in total. The smallest absolute Gasteiger partial charge is 0.370 e. The lowest BCUT2D eigenvalue weighted by Crippen LogP contribution is -2.61. The van der Waals surface area contributed by atoms with Crippen LogP contribution in [0.15, 0.2) is 24.3 Å². The normalized spacial score (nSPS) is 14.8. The van der Waals surface area contributed by atoms with Crippen molar-refractivity contribution in [2.75, 3.05) is 26.4 Å². The summed E-state index contributed by atoms with van der Waals surface area (Å²) >= 11 is 0. The van der Waals surface area contributed by atoms with Crippen molar-refractivity contribution in [3.05, 3.63) is 29.8 Å². The second-order valence-electron chi connectivity index (χ2n) is 5.11. The van der Waals surface area contributed by atoms with Gasteiger partial charge in [0, 0.05) is 31.6 Å². The third-order valence-corrected chi connectivity index (χ3v) is 6.89. The molecule has 0 radical (unpaired) electrons. The minimum atomic E-state index is -2.99. The average Bonchev–Trinajstić information content (AvgIpc) is 2.55. The fourth-order valence-corrected chi connectivity index (χ4v) is 5.38. The van der Waals surface area contributed by atoms with E-state index in [0.717, 1.165) is 17.2 Å². The molecule has 1 atom stereocenters. The molecule has 6 heteroatoms. The summed E-state index contributed by atoms with van der Waals surface area (Å²) in [6.07, 6.45) is 0.732. The number of hydrogen-bond acceptors (Lipinski definition) is 5.